The third-order valence-electron chi connectivity index (χ3n) is 4.38. The van der Waals surface area contributed by atoms with Gasteiger partial charge in [-0.15, -0.1) is 0 Å². The smallest absolute Gasteiger partial charge is 0.177 e. The molecule has 0 unspecified atom stereocenters. The molecular weight excluding hydrogens is 302 g/mol. The predicted octanol–water partition coefficient (Wildman–Crippen LogP) is 3.18. The highest BCUT2D eigenvalue weighted by Gasteiger charge is 2.21. The molecule has 24 heavy (non-hydrogen) atoms. The van der Waals surface area contributed by atoms with Crippen LogP contribution in [0.2, 0.25) is 0 Å². The average molecular weight is 315 g/mol. The third kappa shape index (κ3) is 1.80. The van der Waals surface area contributed by atoms with Gasteiger partial charge in [-0.3, -0.25) is 10.1 Å². The molecule has 4 aromatic heterocycles. The molecule has 0 atom stereocenters. The van der Waals surface area contributed by atoms with E-state index in [2.05, 4.69) is 26.2 Å². The predicted molar refractivity (Wildman–Crippen MR) is 91.0 cm³/mol. The fourth-order valence-corrected chi connectivity index (χ4v) is 3.21. The SMILES string of the molecule is Nc1ncc(-c2cn[nH]c2)c2cc(C3=CCc4cnccc43)oc12. The van der Waals surface area contributed by atoms with Crippen molar-refractivity contribution in [1.82, 2.24) is 20.2 Å². The molecule has 0 bridgehead atoms. The van der Waals surface area contributed by atoms with Crippen molar-refractivity contribution < 1.29 is 4.42 Å². The summed E-state index contributed by atoms with van der Waals surface area (Å²) in [6.45, 7) is 0. The first-order chi connectivity index (χ1) is 11.8. The fraction of sp³-hybridized carbons (Fsp3) is 0.0556. The zero-order chi connectivity index (χ0) is 16.1. The first-order valence-corrected chi connectivity index (χ1v) is 7.62. The second-order valence-corrected chi connectivity index (χ2v) is 5.75. The van der Waals surface area contributed by atoms with Crippen LogP contribution < -0.4 is 5.73 Å². The number of anilines is 1. The van der Waals surface area contributed by atoms with Crippen LogP contribution in [0.25, 0.3) is 27.7 Å². The second-order valence-electron chi connectivity index (χ2n) is 5.75. The van der Waals surface area contributed by atoms with Crippen molar-refractivity contribution >= 4 is 22.4 Å². The maximum absolute atomic E-state index is 6.07. The summed E-state index contributed by atoms with van der Waals surface area (Å²) >= 11 is 0. The molecule has 4 heterocycles. The molecule has 1 aliphatic carbocycles. The average Bonchev–Trinajstić information content (AvgIpc) is 3.34. The molecule has 6 heteroatoms. The summed E-state index contributed by atoms with van der Waals surface area (Å²) in [4.78, 5) is 8.45. The number of furan rings is 1. The van der Waals surface area contributed by atoms with E-state index in [4.69, 9.17) is 10.2 Å². The number of aromatic amines is 1. The second kappa shape index (κ2) is 4.79. The standard InChI is InChI=1S/C18H13N5O/c19-18-17-14(15(9-21-18)11-7-22-23-8-11)5-16(24-17)13-2-1-10-6-20-4-3-12(10)13/h2-9H,1H2,(H2,19,21)(H,22,23). The van der Waals surface area contributed by atoms with E-state index in [0.717, 1.165) is 39.8 Å². The largest absolute Gasteiger partial charge is 0.452 e. The lowest BCUT2D eigenvalue weighted by atomic mass is 10.0. The van der Waals surface area contributed by atoms with Crippen LogP contribution in [0.1, 0.15) is 16.9 Å². The molecule has 116 valence electrons. The molecule has 1 aliphatic rings. The van der Waals surface area contributed by atoms with E-state index in [1.165, 1.54) is 5.56 Å². The molecule has 0 aromatic carbocycles. The summed E-state index contributed by atoms with van der Waals surface area (Å²) < 4.78 is 6.07. The van der Waals surface area contributed by atoms with Crippen LogP contribution in [0.5, 0.6) is 0 Å². The first kappa shape index (κ1) is 13.1. The van der Waals surface area contributed by atoms with Crippen LogP contribution in [-0.2, 0) is 6.42 Å². The van der Waals surface area contributed by atoms with Crippen molar-refractivity contribution in [2.75, 3.05) is 5.73 Å². The fourth-order valence-electron chi connectivity index (χ4n) is 3.21. The molecule has 0 spiro atoms. The van der Waals surface area contributed by atoms with Gasteiger partial charge in [0.25, 0.3) is 0 Å². The van der Waals surface area contributed by atoms with Gasteiger partial charge in [-0.05, 0) is 29.7 Å². The lowest BCUT2D eigenvalue weighted by molar-refractivity contribution is 0.601. The van der Waals surface area contributed by atoms with Gasteiger partial charge in [0.2, 0.25) is 0 Å². The van der Waals surface area contributed by atoms with E-state index in [0.29, 0.717) is 11.4 Å². The Morgan fingerprint density at radius 2 is 2.12 bits per heavy atom. The number of pyridine rings is 2. The number of nitrogens with one attached hydrogen (secondary N) is 1. The number of rotatable bonds is 2. The van der Waals surface area contributed by atoms with Crippen LogP contribution in [-0.4, -0.2) is 20.2 Å². The molecule has 3 N–H and O–H groups in total. The van der Waals surface area contributed by atoms with Crippen molar-refractivity contribution in [3.63, 3.8) is 0 Å². The van der Waals surface area contributed by atoms with Gasteiger partial charge in [0.1, 0.15) is 5.76 Å². The molecule has 5 rings (SSSR count). The van der Waals surface area contributed by atoms with Gasteiger partial charge in [0, 0.05) is 46.9 Å². The Kier molecular flexibility index (Phi) is 2.61. The number of allylic oxidation sites excluding steroid dienone is 1. The number of fused-ring (bicyclic) bond motifs is 2. The number of hydrogen-bond donors (Lipinski definition) is 2. The van der Waals surface area contributed by atoms with Gasteiger partial charge < -0.3 is 10.2 Å². The summed E-state index contributed by atoms with van der Waals surface area (Å²) in [6.07, 6.45) is 12.1. The van der Waals surface area contributed by atoms with Gasteiger partial charge in [0.15, 0.2) is 11.4 Å². The lowest BCUT2D eigenvalue weighted by Gasteiger charge is -2.01. The van der Waals surface area contributed by atoms with Gasteiger partial charge >= 0.3 is 0 Å². The van der Waals surface area contributed by atoms with Gasteiger partial charge in [-0.1, -0.05) is 6.08 Å². The highest BCUT2D eigenvalue weighted by Crippen LogP contribution is 2.38. The number of nitrogens with zero attached hydrogens (tertiary/aromatic N) is 3. The van der Waals surface area contributed by atoms with Crippen molar-refractivity contribution in [2.45, 2.75) is 6.42 Å². The van der Waals surface area contributed by atoms with Crippen molar-refractivity contribution in [1.29, 1.82) is 0 Å². The molecule has 4 aromatic rings. The van der Waals surface area contributed by atoms with Crippen molar-refractivity contribution in [3.05, 3.63) is 66.1 Å². The lowest BCUT2D eigenvalue weighted by Crippen LogP contribution is -1.90. The highest BCUT2D eigenvalue weighted by atomic mass is 16.3. The first-order valence-electron chi connectivity index (χ1n) is 7.62. The van der Waals surface area contributed by atoms with Crippen LogP contribution in [0, 0.1) is 0 Å². The van der Waals surface area contributed by atoms with Crippen LogP contribution in [0.3, 0.4) is 0 Å². The number of H-pyrrole nitrogens is 1. The van der Waals surface area contributed by atoms with Crippen molar-refractivity contribution in [3.8, 4) is 11.1 Å². The van der Waals surface area contributed by atoms with E-state index >= 15 is 0 Å². The zero-order valence-electron chi connectivity index (χ0n) is 12.7. The molecule has 0 radical (unpaired) electrons. The van der Waals surface area contributed by atoms with Gasteiger partial charge in [-0.2, -0.15) is 5.10 Å². The van der Waals surface area contributed by atoms with Crippen LogP contribution >= 0.6 is 0 Å². The van der Waals surface area contributed by atoms with E-state index < -0.39 is 0 Å². The summed E-state index contributed by atoms with van der Waals surface area (Å²) in [5, 5.41) is 7.77. The third-order valence-corrected chi connectivity index (χ3v) is 4.38. The monoisotopic (exact) mass is 315 g/mol. The Morgan fingerprint density at radius 3 is 3.00 bits per heavy atom. The molecule has 0 fully saturated rings. The number of aromatic nitrogens is 4. The zero-order valence-corrected chi connectivity index (χ0v) is 12.7. The molecule has 0 aliphatic heterocycles. The minimum atomic E-state index is 0.386. The van der Waals surface area contributed by atoms with Crippen molar-refractivity contribution in [2.24, 2.45) is 0 Å². The minimum Gasteiger partial charge on any atom is -0.452 e. The van der Waals surface area contributed by atoms with E-state index in [-0.39, 0.29) is 0 Å². The van der Waals surface area contributed by atoms with E-state index in [1.807, 2.05) is 24.5 Å². The highest BCUT2D eigenvalue weighted by molar-refractivity contribution is 6.00. The van der Waals surface area contributed by atoms with Gasteiger partial charge in [-0.25, -0.2) is 4.98 Å². The quantitative estimate of drug-likeness (QED) is 0.592. The molecule has 6 nitrogen and oxygen atoms in total. The summed E-state index contributed by atoms with van der Waals surface area (Å²) in [5.74, 6) is 1.18. The minimum absolute atomic E-state index is 0.386. The maximum atomic E-state index is 6.07. The molecule has 0 saturated carbocycles. The Balaban J connectivity index is 1.73. The maximum Gasteiger partial charge on any atom is 0.177 e. The Morgan fingerprint density at radius 1 is 1.17 bits per heavy atom. The summed E-state index contributed by atoms with van der Waals surface area (Å²) in [5.41, 5.74) is 11.9. The summed E-state index contributed by atoms with van der Waals surface area (Å²) in [7, 11) is 0. The van der Waals surface area contributed by atoms with Crippen LogP contribution in [0.15, 0.2) is 53.6 Å². The topological polar surface area (TPSA) is 93.6 Å². The molecular formula is C18H13N5O. The van der Waals surface area contributed by atoms with Gasteiger partial charge in [0.05, 0.1) is 6.20 Å². The normalized spacial score (nSPS) is 13.2. The number of nitrogens with two attached hydrogens (primary N) is 1. The Labute approximate surface area is 137 Å². The van der Waals surface area contributed by atoms with E-state index in [9.17, 15) is 0 Å². The van der Waals surface area contributed by atoms with Crippen LogP contribution in [0.4, 0.5) is 5.82 Å². The number of hydrogen-bond acceptors (Lipinski definition) is 5. The Bertz CT molecular complexity index is 1090. The molecule has 0 saturated heterocycles. The van der Waals surface area contributed by atoms with E-state index in [1.54, 1.807) is 18.6 Å². The Hall–Kier alpha value is -3.41. The summed E-state index contributed by atoms with van der Waals surface area (Å²) in [6, 6.07) is 4.04. The number of nitrogen functional groups attached to an aromatic ring is 1. The molecule has 0 amide bonds.